The third-order valence-electron chi connectivity index (χ3n) is 5.79. The van der Waals surface area contributed by atoms with Gasteiger partial charge < -0.3 is 10.4 Å². The van der Waals surface area contributed by atoms with Gasteiger partial charge in [-0.1, -0.05) is 57.9 Å². The van der Waals surface area contributed by atoms with Gasteiger partial charge in [0.1, 0.15) is 5.54 Å². The van der Waals surface area contributed by atoms with E-state index in [2.05, 4.69) is 45.5 Å². The number of carbonyl (C=O) groups is 1. The highest BCUT2D eigenvalue weighted by Crippen LogP contribution is 2.55. The lowest BCUT2D eigenvalue weighted by molar-refractivity contribution is -0.143. The van der Waals surface area contributed by atoms with E-state index in [1.165, 1.54) is 11.1 Å². The highest BCUT2D eigenvalue weighted by Gasteiger charge is 2.51. The van der Waals surface area contributed by atoms with Crippen LogP contribution in [0, 0.1) is 0 Å². The zero-order valence-electron chi connectivity index (χ0n) is 14.1. The molecule has 0 amide bonds. The number of rotatable bonds is 3. The van der Waals surface area contributed by atoms with E-state index in [0.717, 1.165) is 23.0 Å². The quantitative estimate of drug-likeness (QED) is 0.641. The molecule has 4 rings (SSSR count). The fourth-order valence-corrected chi connectivity index (χ4v) is 5.36. The highest BCUT2D eigenvalue weighted by molar-refractivity contribution is 9.11. The van der Waals surface area contributed by atoms with Crippen molar-refractivity contribution < 1.29 is 9.90 Å². The van der Waals surface area contributed by atoms with Gasteiger partial charge in [-0.15, -0.1) is 0 Å². The summed E-state index contributed by atoms with van der Waals surface area (Å²) in [5, 5.41) is 13.8. The van der Waals surface area contributed by atoms with Gasteiger partial charge in [-0.05, 0) is 61.1 Å². The molecule has 0 bridgehead atoms. The van der Waals surface area contributed by atoms with Gasteiger partial charge in [-0.25, -0.2) is 4.79 Å². The minimum Gasteiger partial charge on any atom is -0.480 e. The van der Waals surface area contributed by atoms with Crippen LogP contribution in [0.1, 0.15) is 36.8 Å². The van der Waals surface area contributed by atoms with E-state index in [1.54, 1.807) is 12.1 Å². The van der Waals surface area contributed by atoms with Crippen molar-refractivity contribution in [2.75, 3.05) is 5.32 Å². The summed E-state index contributed by atoms with van der Waals surface area (Å²) in [4.78, 5) is 12.2. The van der Waals surface area contributed by atoms with E-state index in [0.29, 0.717) is 17.9 Å². The number of fused-ring (bicyclic) bond motifs is 2. The summed E-state index contributed by atoms with van der Waals surface area (Å²) in [7, 11) is 0. The first-order valence-corrected chi connectivity index (χ1v) is 9.87. The Balaban J connectivity index is 1.63. The Hall–Kier alpha value is -1.78. The number of allylic oxidation sites excluding steroid dienone is 1. The molecule has 1 fully saturated rings. The topological polar surface area (TPSA) is 49.3 Å². The van der Waals surface area contributed by atoms with Crippen LogP contribution in [0.2, 0.25) is 5.02 Å². The van der Waals surface area contributed by atoms with Crippen LogP contribution in [0.4, 0.5) is 5.69 Å². The second kappa shape index (κ2) is 6.43. The molecule has 0 radical (unpaired) electrons. The van der Waals surface area contributed by atoms with Crippen molar-refractivity contribution in [3.8, 4) is 0 Å². The summed E-state index contributed by atoms with van der Waals surface area (Å²) in [5.74, 6) is -0.807. The van der Waals surface area contributed by atoms with Crippen LogP contribution < -0.4 is 5.32 Å². The molecule has 3 nitrogen and oxygen atoms in total. The number of halogens is 2. The van der Waals surface area contributed by atoms with Crippen molar-refractivity contribution in [3.63, 3.8) is 0 Å². The first-order chi connectivity index (χ1) is 12.5. The second-order valence-electron chi connectivity index (χ2n) is 7.18. The first kappa shape index (κ1) is 17.6. The zero-order valence-corrected chi connectivity index (χ0v) is 16.5. The standard InChI is InChI=1S/C21H19BrClNO2/c22-18-12-14-4-1-2-7-17(14)20(18)8-10-21(11-9-20,19(25)26)24-16-6-3-5-15(23)13-16/h1-7,12-13,24H,8-11H2,(H,25,26). The van der Waals surface area contributed by atoms with Gasteiger partial charge in [0.15, 0.2) is 0 Å². The molecule has 0 unspecified atom stereocenters. The van der Waals surface area contributed by atoms with Crippen molar-refractivity contribution in [2.45, 2.75) is 36.6 Å². The van der Waals surface area contributed by atoms with E-state index in [-0.39, 0.29) is 5.41 Å². The summed E-state index contributed by atoms with van der Waals surface area (Å²) in [6, 6.07) is 15.6. The fourth-order valence-electron chi connectivity index (χ4n) is 4.31. The molecule has 134 valence electrons. The summed E-state index contributed by atoms with van der Waals surface area (Å²) in [5.41, 5.74) is 2.20. The van der Waals surface area contributed by atoms with Gasteiger partial charge in [0, 0.05) is 20.6 Å². The van der Waals surface area contributed by atoms with Gasteiger partial charge in [-0.2, -0.15) is 0 Å². The Morgan fingerprint density at radius 2 is 1.81 bits per heavy atom. The number of nitrogens with one attached hydrogen (secondary N) is 1. The van der Waals surface area contributed by atoms with E-state index >= 15 is 0 Å². The van der Waals surface area contributed by atoms with Crippen molar-refractivity contribution in [2.24, 2.45) is 0 Å². The Labute approximate surface area is 166 Å². The molecule has 1 saturated carbocycles. The number of anilines is 1. The predicted octanol–water partition coefficient (Wildman–Crippen LogP) is 5.84. The summed E-state index contributed by atoms with van der Waals surface area (Å²) in [6.07, 6.45) is 4.83. The first-order valence-electron chi connectivity index (χ1n) is 8.70. The van der Waals surface area contributed by atoms with Crippen LogP contribution in [0.15, 0.2) is 53.0 Å². The number of carboxylic acid groups (broad SMARTS) is 1. The van der Waals surface area contributed by atoms with Gasteiger partial charge in [0.25, 0.3) is 0 Å². The van der Waals surface area contributed by atoms with Crippen LogP contribution in [0.5, 0.6) is 0 Å². The van der Waals surface area contributed by atoms with Gasteiger partial charge in [0.05, 0.1) is 0 Å². The summed E-state index contributed by atoms with van der Waals surface area (Å²) < 4.78 is 1.16. The molecule has 2 N–H and O–H groups in total. The van der Waals surface area contributed by atoms with Crippen molar-refractivity contribution >= 4 is 45.3 Å². The van der Waals surface area contributed by atoms with Crippen molar-refractivity contribution in [3.05, 3.63) is 69.2 Å². The molecule has 0 heterocycles. The number of benzene rings is 2. The van der Waals surface area contributed by atoms with Crippen molar-refractivity contribution in [1.29, 1.82) is 0 Å². The molecule has 2 aromatic rings. The number of aliphatic carboxylic acids is 1. The maximum atomic E-state index is 12.2. The van der Waals surface area contributed by atoms with Gasteiger partial charge in [0.2, 0.25) is 0 Å². The molecular formula is C21H19BrClNO2. The minimum atomic E-state index is -0.971. The fraction of sp³-hybridized carbons (Fsp3) is 0.286. The van der Waals surface area contributed by atoms with Crippen molar-refractivity contribution in [1.82, 2.24) is 0 Å². The van der Waals surface area contributed by atoms with E-state index in [4.69, 9.17) is 11.6 Å². The molecule has 5 heteroatoms. The molecule has 2 aliphatic rings. The average molecular weight is 433 g/mol. The third-order valence-corrected chi connectivity index (χ3v) is 7.01. The second-order valence-corrected chi connectivity index (χ2v) is 8.48. The molecule has 2 aliphatic carbocycles. The number of carboxylic acids is 1. The maximum absolute atomic E-state index is 12.2. The molecular weight excluding hydrogens is 414 g/mol. The minimum absolute atomic E-state index is 0.106. The molecule has 0 aromatic heterocycles. The molecule has 2 aromatic carbocycles. The smallest absolute Gasteiger partial charge is 0.329 e. The largest absolute Gasteiger partial charge is 0.480 e. The SMILES string of the molecule is O=C(O)C1(Nc2cccc(Cl)c2)CCC2(CC1)C(Br)=Cc1ccccc12. The normalized spacial score (nSPS) is 27.1. The third kappa shape index (κ3) is 2.76. The lowest BCUT2D eigenvalue weighted by Crippen LogP contribution is -2.51. The molecule has 0 atom stereocenters. The molecule has 0 saturated heterocycles. The number of hydrogen-bond acceptors (Lipinski definition) is 2. The van der Waals surface area contributed by atoms with Crippen LogP contribution in [0.25, 0.3) is 6.08 Å². The maximum Gasteiger partial charge on any atom is 0.329 e. The zero-order chi connectivity index (χ0) is 18.4. The Bertz CT molecular complexity index is 900. The van der Waals surface area contributed by atoms with E-state index < -0.39 is 11.5 Å². The van der Waals surface area contributed by atoms with Gasteiger partial charge in [-0.3, -0.25) is 0 Å². The lowest BCUT2D eigenvalue weighted by atomic mass is 9.65. The average Bonchev–Trinajstić information content (AvgIpc) is 2.89. The Morgan fingerprint density at radius 3 is 2.50 bits per heavy atom. The lowest BCUT2D eigenvalue weighted by Gasteiger charge is -2.44. The van der Waals surface area contributed by atoms with Crippen LogP contribution >= 0.6 is 27.5 Å². The molecule has 26 heavy (non-hydrogen) atoms. The molecule has 1 spiro atoms. The van der Waals surface area contributed by atoms with Crippen LogP contribution in [-0.4, -0.2) is 16.6 Å². The molecule has 0 aliphatic heterocycles. The van der Waals surface area contributed by atoms with Crippen LogP contribution in [0.3, 0.4) is 0 Å². The van der Waals surface area contributed by atoms with E-state index in [9.17, 15) is 9.90 Å². The van der Waals surface area contributed by atoms with Crippen LogP contribution in [-0.2, 0) is 10.2 Å². The Morgan fingerprint density at radius 1 is 1.08 bits per heavy atom. The van der Waals surface area contributed by atoms with E-state index in [1.807, 2.05) is 18.2 Å². The highest BCUT2D eigenvalue weighted by atomic mass is 79.9. The summed E-state index contributed by atoms with van der Waals surface area (Å²) >= 11 is 9.82. The number of hydrogen-bond donors (Lipinski definition) is 2. The Kier molecular flexibility index (Phi) is 4.36. The monoisotopic (exact) mass is 431 g/mol. The summed E-state index contributed by atoms with van der Waals surface area (Å²) in [6.45, 7) is 0. The predicted molar refractivity (Wildman–Crippen MR) is 109 cm³/mol. The van der Waals surface area contributed by atoms with Gasteiger partial charge >= 0.3 is 5.97 Å².